The molecule has 0 fully saturated rings. The Kier molecular flexibility index (Phi) is 6.31. The zero-order valence-corrected chi connectivity index (χ0v) is 18.7. The van der Waals surface area contributed by atoms with Crippen molar-refractivity contribution >= 4 is 54.9 Å². The minimum Gasteiger partial charge on any atom is -0.288 e. The van der Waals surface area contributed by atoms with E-state index in [4.69, 9.17) is 11.6 Å². The Balaban J connectivity index is 2.19. The molecule has 1 aliphatic rings. The largest absolute Gasteiger partial charge is 0.288 e. The van der Waals surface area contributed by atoms with E-state index in [-0.39, 0.29) is 21.5 Å². The molecular formula is C21H16BrClN2O3S. The molecule has 0 saturated carbocycles. The number of halogens is 2. The molecule has 0 N–H and O–H groups in total. The van der Waals surface area contributed by atoms with Gasteiger partial charge in [-0.25, -0.2) is 4.99 Å². The molecule has 0 atom stereocenters. The lowest BCUT2D eigenvalue weighted by molar-refractivity contribution is -0.110. The smallest absolute Gasteiger partial charge is 0.284 e. The zero-order chi connectivity index (χ0) is 21.2. The van der Waals surface area contributed by atoms with Crippen molar-refractivity contribution in [1.82, 2.24) is 0 Å². The van der Waals surface area contributed by atoms with E-state index in [1.54, 1.807) is 50.2 Å². The van der Waals surface area contributed by atoms with Gasteiger partial charge < -0.3 is 0 Å². The third-order valence-corrected chi connectivity index (χ3v) is 6.47. The maximum atomic E-state index is 12.9. The summed E-state index contributed by atoms with van der Waals surface area (Å²) in [5.74, 6) is -0.296. The van der Waals surface area contributed by atoms with E-state index < -0.39 is 10.0 Å². The molecule has 2 aromatic carbocycles. The van der Waals surface area contributed by atoms with Crippen LogP contribution in [0.4, 0.5) is 0 Å². The van der Waals surface area contributed by atoms with Gasteiger partial charge in [-0.2, -0.15) is 8.42 Å². The summed E-state index contributed by atoms with van der Waals surface area (Å²) in [6.45, 7) is 3.39. The number of aliphatic imine (C=N–C) groups is 1. The van der Waals surface area contributed by atoms with Gasteiger partial charge in [-0.15, -0.1) is 4.40 Å². The van der Waals surface area contributed by atoms with Crippen LogP contribution >= 0.6 is 27.5 Å². The second-order valence-corrected chi connectivity index (χ2v) is 9.20. The second-order valence-electron chi connectivity index (χ2n) is 6.30. The quantitative estimate of drug-likeness (QED) is 0.342. The topological polar surface area (TPSA) is 75.9 Å². The first-order chi connectivity index (χ1) is 13.7. The molecule has 0 aromatic heterocycles. The van der Waals surface area contributed by atoms with Crippen molar-refractivity contribution in [3.8, 4) is 0 Å². The lowest BCUT2D eigenvalue weighted by Crippen LogP contribution is -2.17. The van der Waals surface area contributed by atoms with Crippen LogP contribution in [0, 0.1) is 0 Å². The van der Waals surface area contributed by atoms with Crippen molar-refractivity contribution in [3.05, 3.63) is 86.9 Å². The van der Waals surface area contributed by atoms with Crippen molar-refractivity contribution in [2.75, 3.05) is 0 Å². The molecule has 3 rings (SSSR count). The van der Waals surface area contributed by atoms with Gasteiger partial charge in [0.2, 0.25) is 0 Å². The molecule has 0 heterocycles. The van der Waals surface area contributed by atoms with Crippen LogP contribution in [0.25, 0.3) is 0 Å². The molecule has 0 saturated heterocycles. The number of nitrogens with zero attached hydrogens (tertiary/aromatic N) is 2. The van der Waals surface area contributed by atoms with E-state index >= 15 is 0 Å². The lowest BCUT2D eigenvalue weighted by Gasteiger charge is -2.15. The van der Waals surface area contributed by atoms with Crippen molar-refractivity contribution in [2.45, 2.75) is 18.7 Å². The molecule has 1 aliphatic carbocycles. The molecule has 148 valence electrons. The Morgan fingerprint density at radius 2 is 1.62 bits per heavy atom. The SMILES string of the molecule is CC1=CC(=O)C(Cl)=C(C)C1=NC(=NS(=O)(=O)c1ccc(Br)cc1)c1ccccc1. The first-order valence-electron chi connectivity index (χ1n) is 8.53. The highest BCUT2D eigenvalue weighted by molar-refractivity contribution is 9.10. The van der Waals surface area contributed by atoms with Gasteiger partial charge in [0, 0.05) is 10.0 Å². The number of hydrogen-bond donors (Lipinski definition) is 0. The molecule has 8 heteroatoms. The Labute approximate surface area is 182 Å². The minimum atomic E-state index is -4.01. The number of carbonyl (C=O) groups is 1. The van der Waals surface area contributed by atoms with E-state index in [2.05, 4.69) is 25.3 Å². The number of ketones is 1. The summed E-state index contributed by atoms with van der Waals surface area (Å²) in [6.07, 6.45) is 1.38. The molecule has 0 aliphatic heterocycles. The van der Waals surface area contributed by atoms with Gasteiger partial charge in [-0.05, 0) is 55.3 Å². The van der Waals surface area contributed by atoms with Crippen molar-refractivity contribution in [1.29, 1.82) is 0 Å². The average molecular weight is 492 g/mol. The molecule has 0 bridgehead atoms. The van der Waals surface area contributed by atoms with Crippen LogP contribution in [-0.4, -0.2) is 25.7 Å². The first kappa shape index (κ1) is 21.4. The fourth-order valence-corrected chi connectivity index (χ4v) is 4.06. The van der Waals surface area contributed by atoms with Gasteiger partial charge in [0.25, 0.3) is 10.0 Å². The van der Waals surface area contributed by atoms with Gasteiger partial charge >= 0.3 is 0 Å². The Morgan fingerprint density at radius 3 is 2.24 bits per heavy atom. The summed E-state index contributed by atoms with van der Waals surface area (Å²) < 4.78 is 30.5. The van der Waals surface area contributed by atoms with Crippen molar-refractivity contribution < 1.29 is 13.2 Å². The standard InChI is InChI=1S/C21H16BrClN2O3S/c1-13-12-18(26)19(23)14(2)20(13)24-21(15-6-4-3-5-7-15)25-29(27,28)17-10-8-16(22)9-11-17/h3-12H,1-2H3. The van der Waals surface area contributed by atoms with E-state index in [0.29, 0.717) is 22.4 Å². The third-order valence-electron chi connectivity index (χ3n) is 4.19. The Bertz CT molecular complexity index is 1200. The number of sulfonamides is 1. The highest BCUT2D eigenvalue weighted by Gasteiger charge is 2.22. The third kappa shape index (κ3) is 4.80. The number of benzene rings is 2. The predicted octanol–water partition coefficient (Wildman–Crippen LogP) is 5.07. The van der Waals surface area contributed by atoms with Crippen LogP contribution in [0.15, 0.2) is 95.6 Å². The molecule has 0 amide bonds. The Morgan fingerprint density at radius 1 is 1.00 bits per heavy atom. The number of hydrogen-bond acceptors (Lipinski definition) is 3. The molecule has 0 radical (unpaired) electrons. The van der Waals surface area contributed by atoms with Crippen LogP contribution in [0.2, 0.25) is 0 Å². The minimum absolute atomic E-state index is 0.00874. The normalized spacial score (nSPS) is 17.0. The lowest BCUT2D eigenvalue weighted by atomic mass is 9.97. The summed E-state index contributed by atoms with van der Waals surface area (Å²) in [4.78, 5) is 16.4. The van der Waals surface area contributed by atoms with Crippen LogP contribution < -0.4 is 0 Å². The van der Waals surface area contributed by atoms with Gasteiger partial charge in [-0.1, -0.05) is 57.9 Å². The molecule has 5 nitrogen and oxygen atoms in total. The van der Waals surface area contributed by atoms with Crippen molar-refractivity contribution in [2.24, 2.45) is 9.39 Å². The Hall–Kier alpha value is -2.35. The second kappa shape index (κ2) is 8.57. The summed E-state index contributed by atoms with van der Waals surface area (Å²) in [5, 5.41) is 0.0533. The number of rotatable bonds is 3. The average Bonchev–Trinajstić information content (AvgIpc) is 2.69. The fraction of sp³-hybridized carbons (Fsp3) is 0.0952. The molecule has 29 heavy (non-hydrogen) atoms. The summed E-state index contributed by atoms with van der Waals surface area (Å²) in [5.41, 5.74) is 2.00. The first-order valence-corrected chi connectivity index (χ1v) is 11.1. The number of amidine groups is 1. The summed E-state index contributed by atoms with van der Waals surface area (Å²) in [6, 6.07) is 15.0. The monoisotopic (exact) mass is 490 g/mol. The van der Waals surface area contributed by atoms with Crippen LogP contribution in [-0.2, 0) is 14.8 Å². The van der Waals surface area contributed by atoms with E-state index in [9.17, 15) is 13.2 Å². The molecular weight excluding hydrogens is 476 g/mol. The maximum Gasteiger partial charge on any atom is 0.284 e. The maximum absolute atomic E-state index is 12.9. The van der Waals surface area contributed by atoms with Gasteiger partial charge in [0.15, 0.2) is 11.6 Å². The molecule has 2 aromatic rings. The number of allylic oxidation sites excluding steroid dienone is 4. The van der Waals surface area contributed by atoms with Crippen LogP contribution in [0.5, 0.6) is 0 Å². The van der Waals surface area contributed by atoms with Crippen LogP contribution in [0.3, 0.4) is 0 Å². The van der Waals surface area contributed by atoms with E-state index in [0.717, 1.165) is 4.47 Å². The van der Waals surface area contributed by atoms with E-state index in [1.807, 2.05) is 6.07 Å². The highest BCUT2D eigenvalue weighted by atomic mass is 79.9. The highest BCUT2D eigenvalue weighted by Crippen LogP contribution is 2.24. The van der Waals surface area contributed by atoms with E-state index in [1.165, 1.54) is 18.2 Å². The molecule has 0 spiro atoms. The fourth-order valence-electron chi connectivity index (χ4n) is 2.69. The van der Waals surface area contributed by atoms with Gasteiger partial charge in [0.05, 0.1) is 15.6 Å². The predicted molar refractivity (Wildman–Crippen MR) is 119 cm³/mol. The van der Waals surface area contributed by atoms with Gasteiger partial charge in [0.1, 0.15) is 0 Å². The molecule has 0 unspecified atom stereocenters. The van der Waals surface area contributed by atoms with Crippen LogP contribution in [0.1, 0.15) is 19.4 Å². The van der Waals surface area contributed by atoms with Gasteiger partial charge in [-0.3, -0.25) is 4.79 Å². The number of carbonyl (C=O) groups excluding carboxylic acids is 1. The zero-order valence-electron chi connectivity index (χ0n) is 15.6. The summed E-state index contributed by atoms with van der Waals surface area (Å²) >= 11 is 9.38. The summed E-state index contributed by atoms with van der Waals surface area (Å²) in [7, 11) is -4.01. The van der Waals surface area contributed by atoms with Crippen molar-refractivity contribution in [3.63, 3.8) is 0 Å².